The van der Waals surface area contributed by atoms with Crippen LogP contribution in [0.5, 0.6) is 5.75 Å². The highest BCUT2D eigenvalue weighted by Gasteiger charge is 2.17. The van der Waals surface area contributed by atoms with Crippen LogP contribution in [0.4, 0.5) is 4.39 Å². The Labute approximate surface area is 114 Å². The molecule has 1 unspecified atom stereocenters. The van der Waals surface area contributed by atoms with E-state index in [4.69, 9.17) is 14.8 Å². The van der Waals surface area contributed by atoms with Gasteiger partial charge in [-0.15, -0.1) is 0 Å². The molecule has 1 rings (SSSR count). The Morgan fingerprint density at radius 2 is 2.05 bits per heavy atom. The summed E-state index contributed by atoms with van der Waals surface area (Å²) < 4.78 is 19.1. The molecule has 1 atom stereocenters. The van der Waals surface area contributed by atoms with Crippen molar-refractivity contribution in [3.05, 3.63) is 24.0 Å². The summed E-state index contributed by atoms with van der Waals surface area (Å²) in [7, 11) is -1.79. The SMILES string of the molecule is CCCCC(CC)COc1ccc(B(O)O)c(F)c1. The quantitative estimate of drug-likeness (QED) is 0.710. The maximum atomic E-state index is 13.5. The van der Waals surface area contributed by atoms with Gasteiger partial charge in [-0.2, -0.15) is 0 Å². The lowest BCUT2D eigenvalue weighted by Gasteiger charge is -2.16. The van der Waals surface area contributed by atoms with Gasteiger partial charge in [0.2, 0.25) is 0 Å². The van der Waals surface area contributed by atoms with Gasteiger partial charge in [-0.25, -0.2) is 4.39 Å². The maximum absolute atomic E-state index is 13.5. The molecule has 2 N–H and O–H groups in total. The summed E-state index contributed by atoms with van der Waals surface area (Å²) in [6.45, 7) is 4.84. The van der Waals surface area contributed by atoms with E-state index in [1.54, 1.807) is 6.07 Å². The van der Waals surface area contributed by atoms with Gasteiger partial charge in [-0.1, -0.05) is 39.2 Å². The van der Waals surface area contributed by atoms with Crippen molar-refractivity contribution in [2.45, 2.75) is 39.5 Å². The van der Waals surface area contributed by atoms with Gasteiger partial charge in [0.1, 0.15) is 11.6 Å². The molecule has 0 aliphatic rings. The van der Waals surface area contributed by atoms with E-state index < -0.39 is 12.9 Å². The van der Waals surface area contributed by atoms with E-state index in [2.05, 4.69) is 13.8 Å². The van der Waals surface area contributed by atoms with E-state index in [0.29, 0.717) is 18.3 Å². The first-order chi connectivity index (χ1) is 9.08. The van der Waals surface area contributed by atoms with Crippen LogP contribution in [0.25, 0.3) is 0 Å². The average molecular weight is 268 g/mol. The Hall–Kier alpha value is -1.07. The van der Waals surface area contributed by atoms with Crippen molar-refractivity contribution in [3.63, 3.8) is 0 Å². The lowest BCUT2D eigenvalue weighted by molar-refractivity contribution is 0.232. The standard InChI is InChI=1S/C14H22BFO3/c1-3-5-6-11(4-2)10-19-12-7-8-13(15(17)18)14(16)9-12/h7-9,11,17-18H,3-6,10H2,1-2H3. The minimum atomic E-state index is -1.79. The van der Waals surface area contributed by atoms with Crippen molar-refractivity contribution in [3.8, 4) is 5.75 Å². The third-order valence-electron chi connectivity index (χ3n) is 3.28. The summed E-state index contributed by atoms with van der Waals surface area (Å²) >= 11 is 0. The first-order valence-corrected chi connectivity index (χ1v) is 6.86. The molecule has 0 saturated heterocycles. The largest absolute Gasteiger partial charge is 0.493 e. The van der Waals surface area contributed by atoms with E-state index in [0.717, 1.165) is 19.3 Å². The number of benzene rings is 1. The summed E-state index contributed by atoms with van der Waals surface area (Å²) in [5.74, 6) is 0.247. The first-order valence-electron chi connectivity index (χ1n) is 6.86. The molecule has 0 saturated carbocycles. The molecule has 1 aromatic rings. The van der Waals surface area contributed by atoms with Crippen LogP contribution in [-0.2, 0) is 0 Å². The molecule has 0 fully saturated rings. The van der Waals surface area contributed by atoms with E-state index in [9.17, 15) is 4.39 Å². The maximum Gasteiger partial charge on any atom is 0.491 e. The summed E-state index contributed by atoms with van der Waals surface area (Å²) in [5.41, 5.74) is -0.134. The predicted octanol–water partition coefficient (Wildman–Crippen LogP) is 2.10. The highest BCUT2D eigenvalue weighted by Crippen LogP contribution is 2.17. The Morgan fingerprint density at radius 3 is 2.58 bits per heavy atom. The Balaban J connectivity index is 2.55. The zero-order chi connectivity index (χ0) is 14.3. The monoisotopic (exact) mass is 268 g/mol. The first kappa shape index (κ1) is 16.0. The minimum absolute atomic E-state index is 0.134. The highest BCUT2D eigenvalue weighted by atomic mass is 19.1. The molecule has 3 nitrogen and oxygen atoms in total. The van der Waals surface area contributed by atoms with Crippen molar-refractivity contribution in [2.75, 3.05) is 6.61 Å². The summed E-state index contributed by atoms with van der Waals surface area (Å²) in [6.07, 6.45) is 4.49. The van der Waals surface area contributed by atoms with Crippen LogP contribution in [0, 0.1) is 11.7 Å². The molecule has 5 heteroatoms. The zero-order valence-electron chi connectivity index (χ0n) is 11.6. The van der Waals surface area contributed by atoms with Crippen molar-refractivity contribution >= 4 is 12.6 Å². The molecule has 106 valence electrons. The third kappa shape index (κ3) is 5.21. The molecule has 0 aromatic heterocycles. The molecule has 1 aromatic carbocycles. The number of rotatable bonds is 8. The van der Waals surface area contributed by atoms with Crippen LogP contribution in [0.3, 0.4) is 0 Å². The van der Waals surface area contributed by atoms with Crippen molar-refractivity contribution in [1.29, 1.82) is 0 Å². The van der Waals surface area contributed by atoms with Gasteiger partial charge in [0, 0.05) is 11.5 Å². The number of hydrogen-bond donors (Lipinski definition) is 2. The van der Waals surface area contributed by atoms with Crippen LogP contribution < -0.4 is 10.2 Å². The molecule has 0 radical (unpaired) electrons. The third-order valence-corrected chi connectivity index (χ3v) is 3.28. The molecule has 0 amide bonds. The number of ether oxygens (including phenoxy) is 1. The molecular formula is C14H22BFO3. The second-order valence-electron chi connectivity index (χ2n) is 4.78. The summed E-state index contributed by atoms with van der Waals surface area (Å²) in [6, 6.07) is 4.09. The van der Waals surface area contributed by atoms with Crippen molar-refractivity contribution < 1.29 is 19.2 Å². The van der Waals surface area contributed by atoms with Crippen LogP contribution in [-0.4, -0.2) is 23.8 Å². The number of halogens is 1. The topological polar surface area (TPSA) is 49.7 Å². The Kier molecular flexibility index (Phi) is 6.88. The molecule has 0 spiro atoms. The molecule has 0 heterocycles. The lowest BCUT2D eigenvalue weighted by Crippen LogP contribution is -2.32. The molecular weight excluding hydrogens is 246 g/mol. The lowest BCUT2D eigenvalue weighted by atomic mass is 9.80. The van der Waals surface area contributed by atoms with Crippen LogP contribution in [0.15, 0.2) is 18.2 Å². The second kappa shape index (κ2) is 8.18. The smallest absolute Gasteiger partial charge is 0.491 e. The van der Waals surface area contributed by atoms with Gasteiger partial charge in [-0.05, 0) is 18.4 Å². The summed E-state index contributed by atoms with van der Waals surface area (Å²) in [5, 5.41) is 17.8. The molecule has 0 bridgehead atoms. The second-order valence-corrected chi connectivity index (χ2v) is 4.78. The normalized spacial score (nSPS) is 12.3. The van der Waals surface area contributed by atoms with Gasteiger partial charge in [-0.3, -0.25) is 0 Å². The van der Waals surface area contributed by atoms with E-state index in [1.165, 1.54) is 18.6 Å². The van der Waals surface area contributed by atoms with Crippen LogP contribution >= 0.6 is 0 Å². The van der Waals surface area contributed by atoms with Crippen LogP contribution in [0.2, 0.25) is 0 Å². The number of hydrogen-bond acceptors (Lipinski definition) is 3. The molecule has 0 aliphatic carbocycles. The minimum Gasteiger partial charge on any atom is -0.493 e. The average Bonchev–Trinajstić information content (AvgIpc) is 2.38. The van der Waals surface area contributed by atoms with E-state index in [-0.39, 0.29) is 5.46 Å². The van der Waals surface area contributed by atoms with Gasteiger partial charge in [0.25, 0.3) is 0 Å². The van der Waals surface area contributed by atoms with Gasteiger partial charge in [0.15, 0.2) is 0 Å². The fourth-order valence-electron chi connectivity index (χ4n) is 1.92. The highest BCUT2D eigenvalue weighted by molar-refractivity contribution is 6.58. The van der Waals surface area contributed by atoms with Gasteiger partial charge >= 0.3 is 7.12 Å². The number of unbranched alkanes of at least 4 members (excludes halogenated alkanes) is 1. The molecule has 0 aliphatic heterocycles. The van der Waals surface area contributed by atoms with Crippen molar-refractivity contribution in [1.82, 2.24) is 0 Å². The van der Waals surface area contributed by atoms with E-state index in [1.807, 2.05) is 0 Å². The molecule has 19 heavy (non-hydrogen) atoms. The predicted molar refractivity (Wildman–Crippen MR) is 75.0 cm³/mol. The fourth-order valence-corrected chi connectivity index (χ4v) is 1.92. The van der Waals surface area contributed by atoms with Crippen LogP contribution in [0.1, 0.15) is 39.5 Å². The Bertz CT molecular complexity index is 385. The van der Waals surface area contributed by atoms with E-state index >= 15 is 0 Å². The van der Waals surface area contributed by atoms with Gasteiger partial charge in [0.05, 0.1) is 6.61 Å². The fraction of sp³-hybridized carbons (Fsp3) is 0.571. The van der Waals surface area contributed by atoms with Crippen molar-refractivity contribution in [2.24, 2.45) is 5.92 Å². The Morgan fingerprint density at radius 1 is 1.32 bits per heavy atom. The zero-order valence-corrected chi connectivity index (χ0v) is 11.6. The summed E-state index contributed by atoms with van der Waals surface area (Å²) in [4.78, 5) is 0. The van der Waals surface area contributed by atoms with Gasteiger partial charge < -0.3 is 14.8 Å².